The van der Waals surface area contributed by atoms with Crippen LogP contribution in [0.4, 0.5) is 10.8 Å². The molecule has 0 fully saturated rings. The van der Waals surface area contributed by atoms with Crippen molar-refractivity contribution < 1.29 is 4.79 Å². The maximum atomic E-state index is 12.0. The highest BCUT2D eigenvalue weighted by Crippen LogP contribution is 2.26. The van der Waals surface area contributed by atoms with E-state index in [9.17, 15) is 4.79 Å². The van der Waals surface area contributed by atoms with Gasteiger partial charge < -0.3 is 10.6 Å². The molecular formula is C18H25N3OS. The molecule has 0 aliphatic carbocycles. The first-order valence-electron chi connectivity index (χ1n) is 8.26. The van der Waals surface area contributed by atoms with Crippen molar-refractivity contribution in [3.8, 4) is 11.3 Å². The van der Waals surface area contributed by atoms with E-state index in [4.69, 9.17) is 0 Å². The number of benzene rings is 1. The van der Waals surface area contributed by atoms with E-state index >= 15 is 0 Å². The van der Waals surface area contributed by atoms with Crippen molar-refractivity contribution in [2.75, 3.05) is 17.7 Å². The van der Waals surface area contributed by atoms with E-state index in [0.29, 0.717) is 6.42 Å². The number of thiazole rings is 1. The Morgan fingerprint density at radius 2 is 2.04 bits per heavy atom. The van der Waals surface area contributed by atoms with Gasteiger partial charge in [-0.2, -0.15) is 0 Å². The molecule has 2 aromatic rings. The molecule has 1 aromatic carbocycles. The van der Waals surface area contributed by atoms with Crippen molar-refractivity contribution in [2.24, 2.45) is 0 Å². The van der Waals surface area contributed by atoms with Gasteiger partial charge in [0.1, 0.15) is 0 Å². The summed E-state index contributed by atoms with van der Waals surface area (Å²) in [5.74, 6) is 0.0906. The lowest BCUT2D eigenvalue weighted by Gasteiger charge is -2.06. The third-order valence-electron chi connectivity index (χ3n) is 3.67. The van der Waals surface area contributed by atoms with Gasteiger partial charge >= 0.3 is 0 Å². The Kier molecular flexibility index (Phi) is 7.07. The lowest BCUT2D eigenvalue weighted by molar-refractivity contribution is -0.116. The van der Waals surface area contributed by atoms with Crippen molar-refractivity contribution in [3.05, 3.63) is 29.6 Å². The first-order valence-corrected chi connectivity index (χ1v) is 9.14. The number of carbonyl (C=O) groups excluding carboxylic acids is 1. The topological polar surface area (TPSA) is 54.0 Å². The molecule has 2 rings (SSSR count). The molecule has 0 aliphatic rings. The van der Waals surface area contributed by atoms with Crippen molar-refractivity contribution in [3.63, 3.8) is 0 Å². The minimum absolute atomic E-state index is 0.0906. The quantitative estimate of drug-likeness (QED) is 0.625. The highest BCUT2D eigenvalue weighted by atomic mass is 32.1. The van der Waals surface area contributed by atoms with Gasteiger partial charge in [-0.05, 0) is 18.6 Å². The predicted octanol–water partition coefficient (Wildman–Crippen LogP) is 5.15. The Morgan fingerprint density at radius 3 is 2.78 bits per heavy atom. The molecule has 0 unspecified atom stereocenters. The molecule has 2 N–H and O–H groups in total. The highest BCUT2D eigenvalue weighted by Gasteiger charge is 2.06. The summed E-state index contributed by atoms with van der Waals surface area (Å²) in [6.07, 6.45) is 6.39. The van der Waals surface area contributed by atoms with E-state index < -0.39 is 0 Å². The fourth-order valence-corrected chi connectivity index (χ4v) is 3.07. The number of anilines is 2. The number of carbonyl (C=O) groups is 1. The van der Waals surface area contributed by atoms with Gasteiger partial charge in [-0.1, -0.05) is 44.7 Å². The van der Waals surface area contributed by atoms with Crippen LogP contribution in [0.2, 0.25) is 0 Å². The lowest BCUT2D eigenvalue weighted by Crippen LogP contribution is -2.11. The monoisotopic (exact) mass is 331 g/mol. The molecule has 0 saturated heterocycles. The van der Waals surface area contributed by atoms with Crippen LogP contribution in [-0.4, -0.2) is 17.9 Å². The second kappa shape index (κ2) is 9.30. The molecule has 124 valence electrons. The second-order valence-corrected chi connectivity index (χ2v) is 6.44. The van der Waals surface area contributed by atoms with Crippen LogP contribution in [0, 0.1) is 0 Å². The van der Waals surface area contributed by atoms with Gasteiger partial charge in [0.15, 0.2) is 5.13 Å². The molecule has 0 bridgehead atoms. The molecule has 0 spiro atoms. The van der Waals surface area contributed by atoms with Gasteiger partial charge in [0.2, 0.25) is 5.91 Å². The van der Waals surface area contributed by atoms with Gasteiger partial charge in [0.05, 0.1) is 5.69 Å². The number of amides is 1. The number of hydrogen-bond acceptors (Lipinski definition) is 4. The predicted molar refractivity (Wildman–Crippen MR) is 99.1 cm³/mol. The fraction of sp³-hybridized carbons (Fsp3) is 0.444. The van der Waals surface area contributed by atoms with Crippen LogP contribution in [0.1, 0.15) is 45.4 Å². The maximum absolute atomic E-state index is 12.0. The van der Waals surface area contributed by atoms with E-state index in [1.54, 1.807) is 11.3 Å². The van der Waals surface area contributed by atoms with Crippen molar-refractivity contribution in [1.82, 2.24) is 4.98 Å². The molecule has 1 aromatic heterocycles. The van der Waals surface area contributed by atoms with Crippen molar-refractivity contribution in [1.29, 1.82) is 0 Å². The third-order valence-corrected chi connectivity index (χ3v) is 4.53. The van der Waals surface area contributed by atoms with Crippen LogP contribution < -0.4 is 10.6 Å². The second-order valence-electron chi connectivity index (χ2n) is 5.58. The summed E-state index contributed by atoms with van der Waals surface area (Å²) in [5, 5.41) is 8.93. The first-order chi connectivity index (χ1) is 11.2. The molecular weight excluding hydrogens is 306 g/mol. The lowest BCUT2D eigenvalue weighted by atomic mass is 10.1. The van der Waals surface area contributed by atoms with Gasteiger partial charge in [0.25, 0.3) is 0 Å². The summed E-state index contributed by atoms with van der Waals surface area (Å²) in [4.78, 5) is 16.5. The number of rotatable bonds is 9. The van der Waals surface area contributed by atoms with E-state index in [2.05, 4.69) is 22.5 Å². The zero-order valence-corrected chi connectivity index (χ0v) is 14.7. The SMILES string of the molecule is CCCCCCCC(=O)Nc1cccc(-c2csc(NC)n2)c1. The Bertz CT molecular complexity index is 624. The number of hydrogen-bond donors (Lipinski definition) is 2. The number of aromatic nitrogens is 1. The smallest absolute Gasteiger partial charge is 0.224 e. The Hall–Kier alpha value is -1.88. The summed E-state index contributed by atoms with van der Waals surface area (Å²) >= 11 is 1.57. The zero-order valence-electron chi connectivity index (χ0n) is 13.9. The first kappa shape index (κ1) is 17.5. The van der Waals surface area contributed by atoms with Crippen LogP contribution in [0.3, 0.4) is 0 Å². The summed E-state index contributed by atoms with van der Waals surface area (Å²) < 4.78 is 0. The molecule has 5 heteroatoms. The summed E-state index contributed by atoms with van der Waals surface area (Å²) in [6, 6.07) is 7.85. The van der Waals surface area contributed by atoms with Gasteiger partial charge in [-0.25, -0.2) is 4.98 Å². The highest BCUT2D eigenvalue weighted by molar-refractivity contribution is 7.14. The van der Waals surface area contributed by atoms with Crippen LogP contribution in [-0.2, 0) is 4.79 Å². The van der Waals surface area contributed by atoms with Gasteiger partial charge in [0, 0.05) is 30.1 Å². The summed E-state index contributed by atoms with van der Waals surface area (Å²) in [5.41, 5.74) is 2.78. The van der Waals surface area contributed by atoms with E-state index in [0.717, 1.165) is 34.9 Å². The number of nitrogens with zero attached hydrogens (tertiary/aromatic N) is 1. The number of unbranched alkanes of at least 4 members (excludes halogenated alkanes) is 4. The van der Waals surface area contributed by atoms with Crippen molar-refractivity contribution >= 4 is 28.1 Å². The van der Waals surface area contributed by atoms with Crippen LogP contribution in [0.5, 0.6) is 0 Å². The van der Waals surface area contributed by atoms with E-state index in [1.807, 2.05) is 36.7 Å². The van der Waals surface area contributed by atoms with Gasteiger partial charge in [-0.3, -0.25) is 4.79 Å². The normalized spacial score (nSPS) is 10.5. The third kappa shape index (κ3) is 5.67. The van der Waals surface area contributed by atoms with Crippen LogP contribution in [0.15, 0.2) is 29.6 Å². The maximum Gasteiger partial charge on any atom is 0.224 e. The van der Waals surface area contributed by atoms with E-state index in [-0.39, 0.29) is 5.91 Å². The van der Waals surface area contributed by atoms with E-state index in [1.165, 1.54) is 19.3 Å². The molecule has 23 heavy (non-hydrogen) atoms. The Labute approximate surface area is 142 Å². The molecule has 0 atom stereocenters. The average molecular weight is 331 g/mol. The molecule has 4 nitrogen and oxygen atoms in total. The average Bonchev–Trinajstić information content (AvgIpc) is 3.04. The summed E-state index contributed by atoms with van der Waals surface area (Å²) in [6.45, 7) is 2.20. The zero-order chi connectivity index (χ0) is 16.5. The Balaban J connectivity index is 1.88. The fourth-order valence-electron chi connectivity index (χ4n) is 2.39. The molecule has 0 aliphatic heterocycles. The van der Waals surface area contributed by atoms with Crippen molar-refractivity contribution in [2.45, 2.75) is 45.4 Å². The largest absolute Gasteiger partial charge is 0.365 e. The Morgan fingerprint density at radius 1 is 1.22 bits per heavy atom. The van der Waals surface area contributed by atoms with Gasteiger partial charge in [-0.15, -0.1) is 11.3 Å². The molecule has 0 radical (unpaired) electrons. The molecule has 1 amide bonds. The molecule has 0 saturated carbocycles. The number of nitrogens with one attached hydrogen (secondary N) is 2. The summed E-state index contributed by atoms with van der Waals surface area (Å²) in [7, 11) is 1.86. The van der Waals surface area contributed by atoms with Crippen LogP contribution >= 0.6 is 11.3 Å². The minimum Gasteiger partial charge on any atom is -0.365 e. The van der Waals surface area contributed by atoms with Crippen LogP contribution in [0.25, 0.3) is 11.3 Å². The standard InChI is InChI=1S/C18H25N3OS/c1-3-4-5-6-7-11-17(22)20-15-10-8-9-14(12-15)16-13-23-18(19-2)21-16/h8-10,12-13H,3-7,11H2,1-2H3,(H,19,21)(H,20,22). The molecule has 1 heterocycles. The minimum atomic E-state index is 0.0906.